The van der Waals surface area contributed by atoms with Gasteiger partial charge in [-0.15, -0.1) is 0 Å². The maximum absolute atomic E-state index is 12.0. The minimum absolute atomic E-state index is 0.256. The maximum Gasteiger partial charge on any atom is 0.339 e. The van der Waals surface area contributed by atoms with Crippen LogP contribution in [0.2, 0.25) is 0 Å². The van der Waals surface area contributed by atoms with Crippen molar-refractivity contribution < 1.29 is 9.53 Å². The summed E-state index contributed by atoms with van der Waals surface area (Å²) in [5.41, 5.74) is 1.87. The number of esters is 1. The number of hydrogen-bond acceptors (Lipinski definition) is 2. The van der Waals surface area contributed by atoms with Crippen LogP contribution in [0.5, 0.6) is 0 Å². The second-order valence-electron chi connectivity index (χ2n) is 4.26. The van der Waals surface area contributed by atoms with Crippen molar-refractivity contribution in [2.45, 2.75) is 5.60 Å². The summed E-state index contributed by atoms with van der Waals surface area (Å²) in [6.45, 7) is 0. The number of halogens is 1. The topological polar surface area (TPSA) is 26.3 Å². The average Bonchev–Trinajstić information content (AvgIpc) is 2.74. The molecule has 0 fully saturated rings. The molecule has 0 amide bonds. The van der Waals surface area contributed by atoms with E-state index in [4.69, 9.17) is 4.74 Å². The fraction of sp³-hybridized carbons (Fsp3) is 0.133. The number of benzene rings is 2. The predicted molar refractivity (Wildman–Crippen MR) is 72.9 cm³/mol. The van der Waals surface area contributed by atoms with Crippen molar-refractivity contribution in [3.63, 3.8) is 0 Å². The lowest BCUT2D eigenvalue weighted by atomic mass is 9.87. The lowest BCUT2D eigenvalue weighted by molar-refractivity contribution is 0.0201. The van der Waals surface area contributed by atoms with Crippen LogP contribution in [0.3, 0.4) is 0 Å². The molecule has 1 aliphatic rings. The highest BCUT2D eigenvalue weighted by Gasteiger charge is 2.45. The van der Waals surface area contributed by atoms with Crippen molar-refractivity contribution in [3.05, 3.63) is 71.3 Å². The zero-order valence-corrected chi connectivity index (χ0v) is 11.2. The maximum atomic E-state index is 12.0. The molecule has 90 valence electrons. The molecule has 0 bridgehead atoms. The summed E-state index contributed by atoms with van der Waals surface area (Å²) in [4.78, 5) is 12.0. The van der Waals surface area contributed by atoms with E-state index in [2.05, 4.69) is 15.9 Å². The van der Waals surface area contributed by atoms with E-state index < -0.39 is 5.60 Å². The highest BCUT2D eigenvalue weighted by molar-refractivity contribution is 9.09. The number of fused-ring (bicyclic) bond motifs is 1. The van der Waals surface area contributed by atoms with Crippen LogP contribution < -0.4 is 0 Å². The Morgan fingerprint density at radius 1 is 1.00 bits per heavy atom. The first-order valence-electron chi connectivity index (χ1n) is 5.72. The van der Waals surface area contributed by atoms with E-state index in [0.717, 1.165) is 11.1 Å². The van der Waals surface area contributed by atoms with Gasteiger partial charge in [0.2, 0.25) is 0 Å². The van der Waals surface area contributed by atoms with E-state index in [1.807, 2.05) is 54.6 Å². The summed E-state index contributed by atoms with van der Waals surface area (Å²) in [7, 11) is 0. The minimum Gasteiger partial charge on any atom is -0.445 e. The number of carbonyl (C=O) groups excluding carboxylic acids is 1. The largest absolute Gasteiger partial charge is 0.445 e. The molecule has 0 radical (unpaired) electrons. The zero-order valence-electron chi connectivity index (χ0n) is 9.60. The first-order valence-corrected chi connectivity index (χ1v) is 6.84. The second-order valence-corrected chi connectivity index (χ2v) is 4.82. The van der Waals surface area contributed by atoms with Crippen LogP contribution in [0.4, 0.5) is 0 Å². The van der Waals surface area contributed by atoms with Crippen molar-refractivity contribution >= 4 is 21.9 Å². The van der Waals surface area contributed by atoms with E-state index in [0.29, 0.717) is 10.9 Å². The number of cyclic esters (lactones) is 1. The van der Waals surface area contributed by atoms with Crippen molar-refractivity contribution in [1.82, 2.24) is 0 Å². The molecule has 2 aromatic carbocycles. The monoisotopic (exact) mass is 302 g/mol. The van der Waals surface area contributed by atoms with Crippen LogP contribution in [-0.2, 0) is 10.3 Å². The molecule has 2 aromatic rings. The summed E-state index contributed by atoms with van der Waals surface area (Å²) in [5.74, 6) is -0.256. The molecule has 0 spiro atoms. The van der Waals surface area contributed by atoms with Crippen LogP contribution >= 0.6 is 15.9 Å². The minimum atomic E-state index is -0.699. The van der Waals surface area contributed by atoms with Crippen LogP contribution in [0.25, 0.3) is 0 Å². The predicted octanol–water partition coefficient (Wildman–Crippen LogP) is 3.50. The molecule has 0 unspecified atom stereocenters. The standard InChI is InChI=1S/C15H11BrO2/c16-10-15(11-6-2-1-3-7-11)13-9-5-4-8-12(13)14(17)18-15/h1-9H,10H2/t15-/m0/s1. The number of ether oxygens (including phenoxy) is 1. The van der Waals surface area contributed by atoms with Crippen LogP contribution in [0.1, 0.15) is 21.5 Å². The van der Waals surface area contributed by atoms with E-state index in [-0.39, 0.29) is 5.97 Å². The van der Waals surface area contributed by atoms with Crippen LogP contribution in [-0.4, -0.2) is 11.3 Å². The molecule has 1 atom stereocenters. The average molecular weight is 303 g/mol. The summed E-state index contributed by atoms with van der Waals surface area (Å²) in [6, 6.07) is 17.4. The van der Waals surface area contributed by atoms with Gasteiger partial charge < -0.3 is 4.74 Å². The summed E-state index contributed by atoms with van der Waals surface area (Å²) >= 11 is 3.49. The van der Waals surface area contributed by atoms with Crippen LogP contribution in [0.15, 0.2) is 54.6 Å². The van der Waals surface area contributed by atoms with Gasteiger partial charge in [0.15, 0.2) is 5.60 Å². The summed E-state index contributed by atoms with van der Waals surface area (Å²) in [6.07, 6.45) is 0. The Labute approximate surface area is 114 Å². The molecule has 1 aliphatic heterocycles. The van der Waals surface area contributed by atoms with Gasteiger partial charge in [0.25, 0.3) is 0 Å². The number of rotatable bonds is 2. The third-order valence-corrected chi connectivity index (χ3v) is 4.07. The highest BCUT2D eigenvalue weighted by Crippen LogP contribution is 2.42. The molecule has 1 heterocycles. The molecular formula is C15H11BrO2. The van der Waals surface area contributed by atoms with Gasteiger partial charge in [-0.25, -0.2) is 4.79 Å². The van der Waals surface area contributed by atoms with Gasteiger partial charge in [0.1, 0.15) is 0 Å². The smallest absolute Gasteiger partial charge is 0.339 e. The molecular weight excluding hydrogens is 292 g/mol. The lowest BCUT2D eigenvalue weighted by Gasteiger charge is -2.27. The molecule has 0 saturated carbocycles. The van der Waals surface area contributed by atoms with Crippen molar-refractivity contribution in [2.75, 3.05) is 5.33 Å². The SMILES string of the molecule is O=C1O[C@@](CBr)(c2ccccc2)c2ccccc21. The Morgan fingerprint density at radius 3 is 2.39 bits per heavy atom. The zero-order chi connectivity index (χ0) is 12.6. The molecule has 0 aliphatic carbocycles. The summed E-state index contributed by atoms with van der Waals surface area (Å²) in [5, 5.41) is 0.548. The van der Waals surface area contributed by atoms with Gasteiger partial charge in [-0.05, 0) is 6.07 Å². The molecule has 3 heteroatoms. The first kappa shape index (κ1) is 11.5. The lowest BCUT2D eigenvalue weighted by Crippen LogP contribution is -2.29. The van der Waals surface area contributed by atoms with Gasteiger partial charge in [0.05, 0.1) is 10.9 Å². The molecule has 0 N–H and O–H groups in total. The molecule has 18 heavy (non-hydrogen) atoms. The number of carbonyl (C=O) groups is 1. The normalized spacial score (nSPS) is 21.5. The molecule has 3 rings (SSSR count). The van der Waals surface area contributed by atoms with Gasteiger partial charge >= 0.3 is 5.97 Å². The fourth-order valence-electron chi connectivity index (χ4n) is 2.38. The highest BCUT2D eigenvalue weighted by atomic mass is 79.9. The Hall–Kier alpha value is -1.61. The Morgan fingerprint density at radius 2 is 1.67 bits per heavy atom. The van der Waals surface area contributed by atoms with E-state index >= 15 is 0 Å². The Bertz CT molecular complexity index is 594. The summed E-state index contributed by atoms with van der Waals surface area (Å²) < 4.78 is 5.67. The van der Waals surface area contributed by atoms with E-state index in [1.165, 1.54) is 0 Å². The number of hydrogen-bond donors (Lipinski definition) is 0. The van der Waals surface area contributed by atoms with E-state index in [1.54, 1.807) is 0 Å². The van der Waals surface area contributed by atoms with Gasteiger partial charge in [-0.1, -0.05) is 64.5 Å². The Balaban J connectivity index is 2.24. The van der Waals surface area contributed by atoms with Gasteiger partial charge in [-0.3, -0.25) is 0 Å². The van der Waals surface area contributed by atoms with Crippen molar-refractivity contribution in [1.29, 1.82) is 0 Å². The Kier molecular flexibility index (Phi) is 2.71. The van der Waals surface area contributed by atoms with Crippen molar-refractivity contribution in [3.8, 4) is 0 Å². The van der Waals surface area contributed by atoms with Crippen molar-refractivity contribution in [2.24, 2.45) is 0 Å². The van der Waals surface area contributed by atoms with Crippen LogP contribution in [0, 0.1) is 0 Å². The van der Waals surface area contributed by atoms with Gasteiger partial charge in [0, 0.05) is 11.1 Å². The third kappa shape index (κ3) is 1.51. The fourth-order valence-corrected chi connectivity index (χ4v) is 3.12. The molecule has 0 saturated heterocycles. The first-order chi connectivity index (χ1) is 8.78. The van der Waals surface area contributed by atoms with Gasteiger partial charge in [-0.2, -0.15) is 0 Å². The molecule has 2 nitrogen and oxygen atoms in total. The second kappa shape index (κ2) is 4.25. The number of alkyl halides is 1. The molecule has 0 aromatic heterocycles. The third-order valence-electron chi connectivity index (χ3n) is 3.28. The quantitative estimate of drug-likeness (QED) is 0.627. The van der Waals surface area contributed by atoms with E-state index in [9.17, 15) is 4.79 Å².